The number of thioether (sulfide) groups is 1. The van der Waals surface area contributed by atoms with Gasteiger partial charge in [-0.15, -0.1) is 0 Å². The van der Waals surface area contributed by atoms with Crippen LogP contribution in [-0.2, 0) is 11.3 Å². The van der Waals surface area contributed by atoms with Crippen LogP contribution in [-0.4, -0.2) is 16.0 Å². The Morgan fingerprint density at radius 2 is 1.67 bits per heavy atom. The summed E-state index contributed by atoms with van der Waals surface area (Å²) < 4.78 is 0. The summed E-state index contributed by atoms with van der Waals surface area (Å²) in [4.78, 5) is 26.8. The molecule has 4 rings (SSSR count). The van der Waals surface area contributed by atoms with E-state index in [9.17, 15) is 9.59 Å². The quantitative estimate of drug-likeness (QED) is 0.467. The van der Waals surface area contributed by atoms with E-state index in [0.29, 0.717) is 20.5 Å². The molecule has 3 aromatic rings. The standard InChI is InChI=1S/C21H13Cl2NO2S/c22-17-10-4-7-14(19(17)23)11-18-20(25)24(21(26)27-18)12-15-8-3-6-13-5-1-2-9-16(13)15/h1-11H,12H2/b18-11-. The van der Waals surface area contributed by atoms with E-state index in [0.717, 1.165) is 28.1 Å². The van der Waals surface area contributed by atoms with E-state index < -0.39 is 0 Å². The maximum absolute atomic E-state index is 12.8. The van der Waals surface area contributed by atoms with Crippen molar-refractivity contribution in [2.75, 3.05) is 0 Å². The maximum atomic E-state index is 12.8. The van der Waals surface area contributed by atoms with Crippen molar-refractivity contribution in [3.63, 3.8) is 0 Å². The lowest BCUT2D eigenvalue weighted by Crippen LogP contribution is -2.27. The van der Waals surface area contributed by atoms with Crippen molar-refractivity contribution in [2.24, 2.45) is 0 Å². The zero-order valence-electron chi connectivity index (χ0n) is 14.0. The van der Waals surface area contributed by atoms with E-state index in [2.05, 4.69) is 0 Å². The van der Waals surface area contributed by atoms with Crippen LogP contribution in [0.5, 0.6) is 0 Å². The second-order valence-electron chi connectivity index (χ2n) is 6.05. The van der Waals surface area contributed by atoms with E-state index in [1.54, 1.807) is 24.3 Å². The van der Waals surface area contributed by atoms with Gasteiger partial charge in [0.25, 0.3) is 11.1 Å². The molecule has 134 valence electrons. The molecule has 6 heteroatoms. The smallest absolute Gasteiger partial charge is 0.268 e. The average molecular weight is 414 g/mol. The Labute approximate surface area is 170 Å². The highest BCUT2D eigenvalue weighted by atomic mass is 35.5. The monoisotopic (exact) mass is 413 g/mol. The van der Waals surface area contributed by atoms with E-state index in [-0.39, 0.29) is 17.7 Å². The number of hydrogen-bond donors (Lipinski definition) is 0. The summed E-state index contributed by atoms with van der Waals surface area (Å²) in [5, 5.41) is 2.57. The first kappa shape index (κ1) is 18.1. The first-order chi connectivity index (χ1) is 13.0. The molecule has 1 saturated heterocycles. The molecule has 1 aliphatic rings. The normalized spacial score (nSPS) is 15.9. The molecule has 3 aromatic carbocycles. The van der Waals surface area contributed by atoms with Crippen LogP contribution in [0.4, 0.5) is 4.79 Å². The van der Waals surface area contributed by atoms with Gasteiger partial charge in [0.05, 0.1) is 21.5 Å². The molecule has 2 amide bonds. The third-order valence-corrected chi connectivity index (χ3v) is 6.09. The minimum atomic E-state index is -0.325. The Kier molecular flexibility index (Phi) is 4.96. The van der Waals surface area contributed by atoms with Crippen molar-refractivity contribution < 1.29 is 9.59 Å². The molecule has 0 atom stereocenters. The largest absolute Gasteiger partial charge is 0.293 e. The fourth-order valence-corrected chi connectivity index (χ4v) is 4.20. The first-order valence-corrected chi connectivity index (χ1v) is 9.78. The fourth-order valence-electron chi connectivity index (χ4n) is 3.01. The van der Waals surface area contributed by atoms with Gasteiger partial charge < -0.3 is 0 Å². The lowest BCUT2D eigenvalue weighted by atomic mass is 10.0. The van der Waals surface area contributed by atoms with Gasteiger partial charge in [-0.3, -0.25) is 14.5 Å². The van der Waals surface area contributed by atoms with Crippen molar-refractivity contribution in [1.29, 1.82) is 0 Å². The molecule has 0 unspecified atom stereocenters. The van der Waals surface area contributed by atoms with E-state index >= 15 is 0 Å². The number of carbonyl (C=O) groups is 2. The molecule has 0 spiro atoms. The summed E-state index contributed by atoms with van der Waals surface area (Å²) in [6.45, 7) is 0.229. The number of fused-ring (bicyclic) bond motifs is 1. The highest BCUT2D eigenvalue weighted by Gasteiger charge is 2.35. The molecule has 1 aliphatic heterocycles. The number of benzene rings is 3. The molecule has 0 radical (unpaired) electrons. The van der Waals surface area contributed by atoms with Crippen LogP contribution in [0.25, 0.3) is 16.8 Å². The molecular formula is C21H13Cl2NO2S. The van der Waals surface area contributed by atoms with Gasteiger partial charge in [-0.2, -0.15) is 0 Å². The highest BCUT2D eigenvalue weighted by Crippen LogP contribution is 2.36. The predicted octanol–water partition coefficient (Wildman–Crippen LogP) is 6.38. The van der Waals surface area contributed by atoms with Crippen molar-refractivity contribution in [2.45, 2.75) is 6.54 Å². The third kappa shape index (κ3) is 3.48. The van der Waals surface area contributed by atoms with E-state index in [1.807, 2.05) is 42.5 Å². The molecule has 1 heterocycles. The molecule has 0 N–H and O–H groups in total. The number of carbonyl (C=O) groups excluding carboxylic acids is 2. The van der Waals surface area contributed by atoms with Gasteiger partial charge in [0, 0.05) is 0 Å². The molecule has 0 aromatic heterocycles. The summed E-state index contributed by atoms with van der Waals surface area (Å²) >= 11 is 13.1. The number of hydrogen-bond acceptors (Lipinski definition) is 3. The minimum absolute atomic E-state index is 0.229. The van der Waals surface area contributed by atoms with Crippen molar-refractivity contribution in [3.05, 3.63) is 86.7 Å². The summed E-state index contributed by atoms with van der Waals surface area (Å²) in [5.41, 5.74) is 1.54. The van der Waals surface area contributed by atoms with Crippen LogP contribution in [0.1, 0.15) is 11.1 Å². The predicted molar refractivity (Wildman–Crippen MR) is 112 cm³/mol. The van der Waals surface area contributed by atoms with Gasteiger partial charge in [-0.05, 0) is 45.8 Å². The summed E-state index contributed by atoms with van der Waals surface area (Å²) in [6.07, 6.45) is 1.61. The number of halogens is 2. The molecule has 0 bridgehead atoms. The lowest BCUT2D eigenvalue weighted by molar-refractivity contribution is -0.123. The number of imide groups is 1. The highest BCUT2D eigenvalue weighted by molar-refractivity contribution is 8.18. The molecule has 27 heavy (non-hydrogen) atoms. The fraction of sp³-hybridized carbons (Fsp3) is 0.0476. The summed E-state index contributed by atoms with van der Waals surface area (Å²) in [5.74, 6) is -0.325. The van der Waals surface area contributed by atoms with Crippen LogP contribution in [0, 0.1) is 0 Å². The average Bonchev–Trinajstić information content (AvgIpc) is 2.93. The maximum Gasteiger partial charge on any atom is 0.293 e. The lowest BCUT2D eigenvalue weighted by Gasteiger charge is -2.14. The molecule has 1 fully saturated rings. The van der Waals surface area contributed by atoms with Gasteiger partial charge in [-0.1, -0.05) is 77.8 Å². The number of rotatable bonds is 3. The second-order valence-corrected chi connectivity index (χ2v) is 7.83. The Morgan fingerprint density at radius 1 is 0.926 bits per heavy atom. The molecular weight excluding hydrogens is 401 g/mol. The van der Waals surface area contributed by atoms with E-state index in [1.165, 1.54) is 4.90 Å². The molecule has 0 aliphatic carbocycles. The molecule has 0 saturated carbocycles. The zero-order chi connectivity index (χ0) is 19.0. The van der Waals surface area contributed by atoms with Crippen LogP contribution in [0.15, 0.2) is 65.6 Å². The van der Waals surface area contributed by atoms with Crippen molar-refractivity contribution >= 4 is 63.0 Å². The van der Waals surface area contributed by atoms with Gasteiger partial charge in [0.2, 0.25) is 0 Å². The van der Waals surface area contributed by atoms with Gasteiger partial charge in [0.1, 0.15) is 0 Å². The Balaban J connectivity index is 1.65. The second kappa shape index (κ2) is 7.39. The van der Waals surface area contributed by atoms with Crippen molar-refractivity contribution in [3.8, 4) is 0 Å². The zero-order valence-corrected chi connectivity index (χ0v) is 16.3. The van der Waals surface area contributed by atoms with Gasteiger partial charge in [-0.25, -0.2) is 0 Å². The van der Waals surface area contributed by atoms with Crippen LogP contribution in [0.3, 0.4) is 0 Å². The van der Waals surface area contributed by atoms with Crippen LogP contribution < -0.4 is 0 Å². The number of nitrogens with zero attached hydrogens (tertiary/aromatic N) is 1. The SMILES string of the molecule is O=C1S/C(=C\c2cccc(Cl)c2Cl)C(=O)N1Cc1cccc2ccccc12. The summed E-state index contributed by atoms with van der Waals surface area (Å²) in [7, 11) is 0. The Morgan fingerprint density at radius 3 is 2.52 bits per heavy atom. The van der Waals surface area contributed by atoms with Gasteiger partial charge >= 0.3 is 0 Å². The Hall–Kier alpha value is -2.27. The molecule has 3 nitrogen and oxygen atoms in total. The summed E-state index contributed by atoms with van der Waals surface area (Å²) in [6, 6.07) is 19.0. The third-order valence-electron chi connectivity index (χ3n) is 4.35. The Bertz CT molecular complexity index is 1110. The van der Waals surface area contributed by atoms with Gasteiger partial charge in [0.15, 0.2) is 0 Å². The minimum Gasteiger partial charge on any atom is -0.268 e. The van der Waals surface area contributed by atoms with Crippen molar-refractivity contribution in [1.82, 2.24) is 4.90 Å². The van der Waals surface area contributed by atoms with Crippen LogP contribution in [0.2, 0.25) is 10.0 Å². The van der Waals surface area contributed by atoms with Crippen LogP contribution >= 0.6 is 35.0 Å². The number of amides is 2. The van der Waals surface area contributed by atoms with E-state index in [4.69, 9.17) is 23.2 Å². The first-order valence-electron chi connectivity index (χ1n) is 8.20. The topological polar surface area (TPSA) is 37.4 Å².